The van der Waals surface area contributed by atoms with Gasteiger partial charge in [0, 0.05) is 12.0 Å². The summed E-state index contributed by atoms with van der Waals surface area (Å²) in [5.74, 6) is 0.903. The van der Waals surface area contributed by atoms with Gasteiger partial charge in [-0.25, -0.2) is 0 Å². The third-order valence-corrected chi connectivity index (χ3v) is 19.3. The van der Waals surface area contributed by atoms with Gasteiger partial charge in [0.1, 0.15) is 12.4 Å². The molecule has 40 heavy (non-hydrogen) atoms. The molecule has 1 aliphatic rings. The monoisotopic (exact) mass is 590 g/mol. The van der Waals surface area contributed by atoms with Gasteiger partial charge in [-0.15, -0.1) is 0 Å². The summed E-state index contributed by atoms with van der Waals surface area (Å²) in [6, 6.07) is 13.7. The van der Waals surface area contributed by atoms with Crippen molar-refractivity contribution in [3.63, 3.8) is 0 Å². The second-order valence-electron chi connectivity index (χ2n) is 13.6. The summed E-state index contributed by atoms with van der Waals surface area (Å²) in [5, 5.41) is 10.1. The minimum atomic E-state index is -1.97. The minimum Gasteiger partial charge on any atom is -0.491 e. The predicted octanol–water partition coefficient (Wildman–Crippen LogP) is 9.91. The lowest BCUT2D eigenvalue weighted by atomic mass is 9.70. The van der Waals surface area contributed by atoms with Crippen LogP contribution in [-0.2, 0) is 8.85 Å². The van der Waals surface area contributed by atoms with E-state index in [4.69, 9.17) is 13.6 Å². The zero-order valence-electron chi connectivity index (χ0n) is 27.5. The smallest absolute Gasteiger partial charge is 0.192 e. The molecule has 0 saturated heterocycles. The van der Waals surface area contributed by atoms with E-state index in [1.807, 2.05) is 30.3 Å². The van der Waals surface area contributed by atoms with E-state index in [2.05, 4.69) is 67.6 Å². The van der Waals surface area contributed by atoms with Crippen LogP contribution in [0.3, 0.4) is 0 Å². The zero-order valence-corrected chi connectivity index (χ0v) is 29.5. The molecule has 230 valence electrons. The topological polar surface area (TPSA) is 47.9 Å². The molecule has 0 heterocycles. The molecule has 0 fully saturated rings. The molecule has 1 aromatic carbocycles. The van der Waals surface area contributed by atoms with Crippen LogP contribution >= 0.6 is 0 Å². The first kappa shape index (κ1) is 35.3. The Morgan fingerprint density at radius 3 is 2.15 bits per heavy atom. The first-order valence-electron chi connectivity index (χ1n) is 16.3. The summed E-state index contributed by atoms with van der Waals surface area (Å²) < 4.78 is 20.6. The van der Waals surface area contributed by atoms with E-state index in [0.717, 1.165) is 44.3 Å². The van der Waals surface area contributed by atoms with Crippen molar-refractivity contribution in [3.05, 3.63) is 42.0 Å². The maximum Gasteiger partial charge on any atom is 0.192 e. The van der Waals surface area contributed by atoms with Gasteiger partial charge in [0.15, 0.2) is 16.6 Å². The average molecular weight is 591 g/mol. The number of hydrogen-bond acceptors (Lipinski definition) is 4. The molecule has 0 spiro atoms. The Balaban J connectivity index is 2.33. The molecule has 0 saturated carbocycles. The summed E-state index contributed by atoms with van der Waals surface area (Å²) in [4.78, 5) is 0. The number of ether oxygens (including phenoxy) is 1. The zero-order chi connectivity index (χ0) is 29.9. The lowest BCUT2D eigenvalue weighted by Crippen LogP contribution is -2.46. The molecule has 2 rings (SSSR count). The fraction of sp³-hybridized carbons (Fsp3) is 0.765. The van der Waals surface area contributed by atoms with E-state index in [9.17, 15) is 5.11 Å². The van der Waals surface area contributed by atoms with Gasteiger partial charge in [-0.2, -0.15) is 0 Å². The molecule has 0 amide bonds. The quantitative estimate of drug-likeness (QED) is 0.129. The van der Waals surface area contributed by atoms with Crippen molar-refractivity contribution in [2.75, 3.05) is 13.2 Å². The van der Waals surface area contributed by atoms with Gasteiger partial charge < -0.3 is 18.7 Å². The van der Waals surface area contributed by atoms with Gasteiger partial charge in [-0.3, -0.25) is 0 Å². The molecule has 4 nitrogen and oxygen atoms in total. The van der Waals surface area contributed by atoms with Crippen LogP contribution in [-0.4, -0.2) is 47.2 Å². The molecule has 1 unspecified atom stereocenters. The maximum atomic E-state index is 9.93. The molecule has 0 bridgehead atoms. The Morgan fingerprint density at radius 2 is 1.60 bits per heavy atom. The van der Waals surface area contributed by atoms with Crippen LogP contribution in [0.2, 0.25) is 36.3 Å². The van der Waals surface area contributed by atoms with Crippen LogP contribution in [0.5, 0.6) is 5.75 Å². The number of unbranched alkanes of at least 4 members (excludes halogenated alkanes) is 1. The van der Waals surface area contributed by atoms with Crippen molar-refractivity contribution < 1.29 is 18.7 Å². The lowest BCUT2D eigenvalue weighted by Gasteiger charge is -2.44. The van der Waals surface area contributed by atoms with Gasteiger partial charge in [-0.1, -0.05) is 91.2 Å². The number of para-hydroxylation sites is 1. The number of aliphatic hydroxyl groups excluding tert-OH is 1. The second-order valence-corrected chi connectivity index (χ2v) is 23.0. The van der Waals surface area contributed by atoms with E-state index in [-0.39, 0.29) is 29.3 Å². The third kappa shape index (κ3) is 9.29. The fourth-order valence-electron chi connectivity index (χ4n) is 6.15. The van der Waals surface area contributed by atoms with E-state index in [1.165, 1.54) is 31.0 Å². The molecular weight excluding hydrogens is 529 g/mol. The maximum absolute atomic E-state index is 9.93. The lowest BCUT2D eigenvalue weighted by molar-refractivity contribution is 0.0525. The van der Waals surface area contributed by atoms with Crippen molar-refractivity contribution in [2.24, 2.45) is 5.41 Å². The highest BCUT2D eigenvalue weighted by Gasteiger charge is 2.48. The van der Waals surface area contributed by atoms with Gasteiger partial charge in [0.05, 0.1) is 12.2 Å². The summed E-state index contributed by atoms with van der Waals surface area (Å²) in [6.45, 7) is 21.7. The fourth-order valence-corrected chi connectivity index (χ4v) is 10.4. The largest absolute Gasteiger partial charge is 0.491 e. The van der Waals surface area contributed by atoms with Crippen LogP contribution < -0.4 is 4.74 Å². The number of rotatable bonds is 19. The van der Waals surface area contributed by atoms with E-state index in [0.29, 0.717) is 6.61 Å². The summed E-state index contributed by atoms with van der Waals surface area (Å²) in [5.41, 5.74) is 1.58. The van der Waals surface area contributed by atoms with Crippen molar-refractivity contribution >= 4 is 16.6 Å². The summed E-state index contributed by atoms with van der Waals surface area (Å²) in [7, 11) is -3.73. The Labute approximate surface area is 249 Å². The Morgan fingerprint density at radius 1 is 0.975 bits per heavy atom. The summed E-state index contributed by atoms with van der Waals surface area (Å²) >= 11 is 0. The molecule has 0 radical (unpaired) electrons. The van der Waals surface area contributed by atoms with Crippen LogP contribution in [0.1, 0.15) is 99.8 Å². The van der Waals surface area contributed by atoms with Gasteiger partial charge in [-0.05, 0) is 86.9 Å². The SMILES string of the molecule is CCCC[C@@]1(CCCO)C(CCC(COc2ccccc2)O[Si](C)(C)C(C)(C)C)=CC[C@@H]1O[Si](CC)(CC)CC. The highest BCUT2D eigenvalue weighted by atomic mass is 28.4. The van der Waals surface area contributed by atoms with E-state index >= 15 is 0 Å². The number of aliphatic hydroxyl groups is 1. The van der Waals surface area contributed by atoms with Crippen LogP contribution in [0.15, 0.2) is 42.0 Å². The molecule has 6 heteroatoms. The second kappa shape index (κ2) is 16.1. The Bertz CT molecular complexity index is 857. The van der Waals surface area contributed by atoms with Crippen molar-refractivity contribution in [2.45, 2.75) is 148 Å². The highest BCUT2D eigenvalue weighted by Crippen LogP contribution is 2.52. The van der Waals surface area contributed by atoms with E-state index in [1.54, 1.807) is 5.57 Å². The predicted molar refractivity (Wildman–Crippen MR) is 176 cm³/mol. The van der Waals surface area contributed by atoms with E-state index < -0.39 is 16.6 Å². The van der Waals surface area contributed by atoms with Crippen LogP contribution in [0.25, 0.3) is 0 Å². The molecular formula is C34H62O4Si2. The standard InChI is InChI=1S/C34H62O4Si2/c1-10-14-25-34(26-18-27-35)29(22-24-32(34)38-40(11-2,12-3)13-4)21-23-31(37-39(8,9)33(5,6)7)28-36-30-19-16-15-17-20-30/h15-17,19-20,22,31-32,35H,10-14,18,21,23-28H2,1-9H3/t31?,32-,34+/m0/s1. The average Bonchev–Trinajstić information content (AvgIpc) is 3.26. The van der Waals surface area contributed by atoms with Crippen molar-refractivity contribution in [1.82, 2.24) is 0 Å². The van der Waals surface area contributed by atoms with Crippen LogP contribution in [0, 0.1) is 5.41 Å². The van der Waals surface area contributed by atoms with Crippen molar-refractivity contribution in [3.8, 4) is 5.75 Å². The minimum absolute atomic E-state index is 0.0261. The third-order valence-electron chi connectivity index (χ3n) is 10.1. The number of hydrogen-bond donors (Lipinski definition) is 1. The van der Waals surface area contributed by atoms with Gasteiger partial charge in [0.2, 0.25) is 0 Å². The molecule has 1 N–H and O–H groups in total. The normalized spacial score (nSPS) is 20.9. The van der Waals surface area contributed by atoms with Gasteiger partial charge in [0.25, 0.3) is 0 Å². The molecule has 1 aliphatic carbocycles. The van der Waals surface area contributed by atoms with Gasteiger partial charge >= 0.3 is 0 Å². The van der Waals surface area contributed by atoms with Crippen molar-refractivity contribution in [1.29, 1.82) is 0 Å². The number of benzene rings is 1. The molecule has 3 atom stereocenters. The Hall–Kier alpha value is -0.926. The highest BCUT2D eigenvalue weighted by molar-refractivity contribution is 6.74. The molecule has 1 aromatic rings. The van der Waals surface area contributed by atoms with Crippen LogP contribution in [0.4, 0.5) is 0 Å². The first-order chi connectivity index (χ1) is 18.9. The molecule has 0 aromatic heterocycles. The molecule has 0 aliphatic heterocycles. The first-order valence-corrected chi connectivity index (χ1v) is 21.7. The summed E-state index contributed by atoms with van der Waals surface area (Å²) in [6.07, 6.45) is 11.1. The Kier molecular flexibility index (Phi) is 14.2.